The van der Waals surface area contributed by atoms with Crippen molar-refractivity contribution in [2.24, 2.45) is 0 Å². The van der Waals surface area contributed by atoms with E-state index in [1.165, 1.54) is 6.20 Å². The van der Waals surface area contributed by atoms with Gasteiger partial charge in [0.1, 0.15) is 5.69 Å². The zero-order valence-corrected chi connectivity index (χ0v) is 10.7. The molecule has 6 heteroatoms. The van der Waals surface area contributed by atoms with Gasteiger partial charge in [-0.3, -0.25) is 0 Å². The molecule has 0 aliphatic heterocycles. The zero-order chi connectivity index (χ0) is 12.3. The first-order chi connectivity index (χ1) is 8.15. The quantitative estimate of drug-likeness (QED) is 0.862. The molecule has 0 bridgehead atoms. The number of hydrogen-bond acceptors (Lipinski definition) is 5. The lowest BCUT2D eigenvalue weighted by atomic mass is 10.3. The Hall–Kier alpha value is -1.40. The van der Waals surface area contributed by atoms with E-state index in [9.17, 15) is 4.79 Å². The zero-order valence-electron chi connectivity index (χ0n) is 9.08. The molecule has 2 aromatic rings. The van der Waals surface area contributed by atoms with E-state index in [2.05, 4.69) is 9.97 Å². The number of carbonyl (C=O) groups is 1. The number of thioether (sulfide) groups is 1. The highest BCUT2D eigenvalue weighted by molar-refractivity contribution is 7.98. The summed E-state index contributed by atoms with van der Waals surface area (Å²) in [5.41, 5.74) is 1.09. The largest absolute Gasteiger partial charge is 0.477 e. The molecule has 0 radical (unpaired) electrons. The van der Waals surface area contributed by atoms with Crippen molar-refractivity contribution in [2.75, 3.05) is 0 Å². The Balaban J connectivity index is 2.04. The van der Waals surface area contributed by atoms with Crippen molar-refractivity contribution in [3.05, 3.63) is 40.1 Å². The number of thiazole rings is 1. The number of rotatable bonds is 4. The summed E-state index contributed by atoms with van der Waals surface area (Å²) in [5.74, 6) is -0.259. The standard InChI is InChI=1S/C11H10N2O2S2/c1-7-13-8(5-16-7)6-17-9-2-3-12-10(4-9)11(14)15/h2-5H,6H2,1H3,(H,14,15). The van der Waals surface area contributed by atoms with Gasteiger partial charge in [0, 0.05) is 22.2 Å². The summed E-state index contributed by atoms with van der Waals surface area (Å²) in [4.78, 5) is 19.8. The van der Waals surface area contributed by atoms with Crippen molar-refractivity contribution in [3.8, 4) is 0 Å². The molecule has 17 heavy (non-hydrogen) atoms. The molecule has 0 fully saturated rings. The van der Waals surface area contributed by atoms with Gasteiger partial charge in [-0.15, -0.1) is 23.1 Å². The fourth-order valence-corrected chi connectivity index (χ4v) is 2.78. The molecule has 4 nitrogen and oxygen atoms in total. The summed E-state index contributed by atoms with van der Waals surface area (Å²) < 4.78 is 0. The molecule has 0 amide bonds. The van der Waals surface area contributed by atoms with Crippen LogP contribution in [0.1, 0.15) is 21.2 Å². The van der Waals surface area contributed by atoms with Crippen LogP contribution in [0.2, 0.25) is 0 Å². The van der Waals surface area contributed by atoms with Gasteiger partial charge in [-0.25, -0.2) is 14.8 Å². The van der Waals surface area contributed by atoms with Crippen molar-refractivity contribution < 1.29 is 9.90 Å². The summed E-state index contributed by atoms with van der Waals surface area (Å²) in [5, 5.41) is 11.9. The van der Waals surface area contributed by atoms with Crippen LogP contribution in [0.15, 0.2) is 28.6 Å². The Morgan fingerprint density at radius 3 is 3.06 bits per heavy atom. The number of aryl methyl sites for hydroxylation is 1. The molecule has 0 unspecified atom stereocenters. The first-order valence-electron chi connectivity index (χ1n) is 4.88. The Labute approximate surface area is 107 Å². The van der Waals surface area contributed by atoms with Crippen LogP contribution in [0.25, 0.3) is 0 Å². The van der Waals surface area contributed by atoms with Crippen LogP contribution in [0.4, 0.5) is 0 Å². The van der Waals surface area contributed by atoms with Gasteiger partial charge in [-0.2, -0.15) is 0 Å². The van der Waals surface area contributed by atoms with Crippen molar-refractivity contribution in [1.82, 2.24) is 9.97 Å². The maximum Gasteiger partial charge on any atom is 0.354 e. The van der Waals surface area contributed by atoms with Crippen LogP contribution in [0.3, 0.4) is 0 Å². The summed E-state index contributed by atoms with van der Waals surface area (Å²) in [7, 11) is 0. The maximum absolute atomic E-state index is 10.7. The molecule has 0 saturated carbocycles. The van der Waals surface area contributed by atoms with Gasteiger partial charge < -0.3 is 5.11 Å². The molecule has 0 atom stereocenters. The molecule has 0 aliphatic rings. The highest BCUT2D eigenvalue weighted by atomic mass is 32.2. The van der Waals surface area contributed by atoms with E-state index in [-0.39, 0.29) is 5.69 Å². The molecular weight excluding hydrogens is 256 g/mol. The number of pyridine rings is 1. The Kier molecular flexibility index (Phi) is 3.75. The van der Waals surface area contributed by atoms with Crippen LogP contribution in [-0.4, -0.2) is 21.0 Å². The highest BCUT2D eigenvalue weighted by Crippen LogP contribution is 2.23. The van der Waals surface area contributed by atoms with Crippen molar-refractivity contribution >= 4 is 29.1 Å². The van der Waals surface area contributed by atoms with Gasteiger partial charge in [0.25, 0.3) is 0 Å². The number of nitrogens with zero attached hydrogens (tertiary/aromatic N) is 2. The number of aromatic nitrogens is 2. The third-order valence-electron chi connectivity index (χ3n) is 2.00. The average molecular weight is 266 g/mol. The second kappa shape index (κ2) is 5.29. The fraction of sp³-hybridized carbons (Fsp3) is 0.182. The maximum atomic E-state index is 10.7. The highest BCUT2D eigenvalue weighted by Gasteiger charge is 2.06. The summed E-state index contributed by atoms with van der Waals surface area (Å²) in [6.07, 6.45) is 1.51. The van der Waals surface area contributed by atoms with E-state index in [0.29, 0.717) is 0 Å². The molecule has 1 N–H and O–H groups in total. The minimum absolute atomic E-state index is 0.0736. The van der Waals surface area contributed by atoms with Crippen LogP contribution < -0.4 is 0 Å². The fourth-order valence-electron chi connectivity index (χ4n) is 1.25. The second-order valence-electron chi connectivity index (χ2n) is 3.33. The predicted molar refractivity (Wildman–Crippen MR) is 67.6 cm³/mol. The Bertz CT molecular complexity index is 540. The average Bonchev–Trinajstić information content (AvgIpc) is 2.73. The Morgan fingerprint density at radius 1 is 1.59 bits per heavy atom. The van der Waals surface area contributed by atoms with E-state index in [1.807, 2.05) is 12.3 Å². The first kappa shape index (κ1) is 12.1. The van der Waals surface area contributed by atoms with Gasteiger partial charge in [0.2, 0.25) is 0 Å². The van der Waals surface area contributed by atoms with Gasteiger partial charge in [-0.05, 0) is 19.1 Å². The molecule has 88 valence electrons. The normalized spacial score (nSPS) is 10.4. The molecular formula is C11H10N2O2S2. The summed E-state index contributed by atoms with van der Waals surface area (Å²) >= 11 is 3.18. The van der Waals surface area contributed by atoms with E-state index in [1.54, 1.807) is 35.2 Å². The lowest BCUT2D eigenvalue weighted by Gasteiger charge is -2.00. The second-order valence-corrected chi connectivity index (χ2v) is 5.44. The molecule has 0 aliphatic carbocycles. The summed E-state index contributed by atoms with van der Waals surface area (Å²) in [6.45, 7) is 1.97. The molecule has 2 heterocycles. The lowest BCUT2D eigenvalue weighted by molar-refractivity contribution is 0.0690. The van der Waals surface area contributed by atoms with Crippen LogP contribution in [-0.2, 0) is 5.75 Å². The SMILES string of the molecule is Cc1nc(CSc2ccnc(C(=O)O)c2)cs1. The van der Waals surface area contributed by atoms with Crippen LogP contribution >= 0.6 is 23.1 Å². The van der Waals surface area contributed by atoms with Gasteiger partial charge in [0.15, 0.2) is 0 Å². The van der Waals surface area contributed by atoms with Gasteiger partial charge >= 0.3 is 5.97 Å². The summed E-state index contributed by atoms with van der Waals surface area (Å²) in [6, 6.07) is 3.38. The molecule has 0 aromatic carbocycles. The van der Waals surface area contributed by atoms with Gasteiger partial charge in [0.05, 0.1) is 10.7 Å². The first-order valence-corrected chi connectivity index (χ1v) is 6.75. The number of hydrogen-bond donors (Lipinski definition) is 1. The van der Waals surface area contributed by atoms with E-state index in [0.717, 1.165) is 21.3 Å². The topological polar surface area (TPSA) is 63.1 Å². The minimum atomic E-state index is -1.00. The monoisotopic (exact) mass is 266 g/mol. The van der Waals surface area contributed by atoms with Gasteiger partial charge in [-0.1, -0.05) is 0 Å². The van der Waals surface area contributed by atoms with E-state index >= 15 is 0 Å². The van der Waals surface area contributed by atoms with Crippen LogP contribution in [0.5, 0.6) is 0 Å². The van der Waals surface area contributed by atoms with Crippen molar-refractivity contribution in [3.63, 3.8) is 0 Å². The Morgan fingerprint density at radius 2 is 2.41 bits per heavy atom. The molecule has 0 spiro atoms. The third-order valence-corrected chi connectivity index (χ3v) is 3.85. The lowest BCUT2D eigenvalue weighted by Crippen LogP contribution is -1.99. The number of carboxylic acids is 1. The van der Waals surface area contributed by atoms with Crippen molar-refractivity contribution in [1.29, 1.82) is 0 Å². The molecule has 0 saturated heterocycles. The number of aromatic carboxylic acids is 1. The molecule has 2 rings (SSSR count). The molecule has 2 aromatic heterocycles. The minimum Gasteiger partial charge on any atom is -0.477 e. The third kappa shape index (κ3) is 3.28. The smallest absolute Gasteiger partial charge is 0.354 e. The number of carboxylic acid groups (broad SMARTS) is 1. The predicted octanol–water partition coefficient (Wildman–Crippen LogP) is 2.84. The van der Waals surface area contributed by atoms with E-state index in [4.69, 9.17) is 5.11 Å². The van der Waals surface area contributed by atoms with Crippen molar-refractivity contribution in [2.45, 2.75) is 17.6 Å². The van der Waals surface area contributed by atoms with Crippen LogP contribution in [0, 0.1) is 6.92 Å². The van der Waals surface area contributed by atoms with E-state index < -0.39 is 5.97 Å².